The third-order valence-electron chi connectivity index (χ3n) is 6.27. The number of piperidine rings is 1. The van der Waals surface area contributed by atoms with Crippen LogP contribution in [0.2, 0.25) is 5.15 Å². The standard InChI is InChI=1S/C25H31ClN6O5S/c1-5-16-21(26)30-22(28-16)23(34)29-17-9-10-31(13-18(17)36-6-2)15-8-11-32(19(33)12-15)25-27-14(4)20(38-25)24(35)37-7-3/h8,11-12,17-18H,5-7,9-10,13H2,1-4H3,(H,28,30)(H,29,34)/t17-,18+/m1/s1. The van der Waals surface area contributed by atoms with Crippen LogP contribution in [-0.4, -0.2) is 69.8 Å². The minimum Gasteiger partial charge on any atom is -0.462 e. The zero-order chi connectivity index (χ0) is 27.4. The Morgan fingerprint density at radius 2 is 2.05 bits per heavy atom. The number of anilines is 1. The van der Waals surface area contributed by atoms with Gasteiger partial charge in [0.2, 0.25) is 0 Å². The fourth-order valence-electron chi connectivity index (χ4n) is 4.36. The minimum absolute atomic E-state index is 0.177. The van der Waals surface area contributed by atoms with Gasteiger partial charge in [-0.3, -0.25) is 14.2 Å². The Balaban J connectivity index is 1.47. The summed E-state index contributed by atoms with van der Waals surface area (Å²) < 4.78 is 12.5. The molecule has 0 unspecified atom stereocenters. The zero-order valence-electron chi connectivity index (χ0n) is 21.7. The molecule has 0 aromatic carbocycles. The van der Waals surface area contributed by atoms with E-state index in [2.05, 4.69) is 25.2 Å². The Kier molecular flexibility index (Phi) is 8.85. The molecule has 1 saturated heterocycles. The van der Waals surface area contributed by atoms with Gasteiger partial charge in [0.15, 0.2) is 16.1 Å². The van der Waals surface area contributed by atoms with Crippen LogP contribution < -0.4 is 15.8 Å². The number of amides is 1. The molecule has 2 atom stereocenters. The van der Waals surface area contributed by atoms with Gasteiger partial charge in [-0.15, -0.1) is 0 Å². The SMILES string of the molecule is CCOC(=O)c1sc(-n2ccc(N3CC[C@@H](NC(=O)c4nc(Cl)c(CC)[nH]4)[C@@H](OCC)C3)cc2=O)nc1C. The molecule has 0 saturated carbocycles. The molecule has 1 amide bonds. The topological polar surface area (TPSA) is 131 Å². The molecule has 3 aromatic rings. The number of aromatic nitrogens is 4. The van der Waals surface area contributed by atoms with Crippen molar-refractivity contribution < 1.29 is 19.1 Å². The van der Waals surface area contributed by atoms with Gasteiger partial charge in [0, 0.05) is 37.6 Å². The molecule has 0 radical (unpaired) electrons. The number of nitrogens with zero attached hydrogens (tertiary/aromatic N) is 4. The summed E-state index contributed by atoms with van der Waals surface area (Å²) in [6.45, 7) is 9.13. The van der Waals surface area contributed by atoms with Crippen molar-refractivity contribution in [3.05, 3.63) is 55.9 Å². The van der Waals surface area contributed by atoms with Crippen molar-refractivity contribution in [2.24, 2.45) is 0 Å². The van der Waals surface area contributed by atoms with Crippen molar-refractivity contribution in [1.29, 1.82) is 0 Å². The lowest BCUT2D eigenvalue weighted by molar-refractivity contribution is 0.0271. The largest absolute Gasteiger partial charge is 0.462 e. The van der Waals surface area contributed by atoms with Crippen LogP contribution in [0.4, 0.5) is 5.69 Å². The summed E-state index contributed by atoms with van der Waals surface area (Å²) in [4.78, 5) is 51.9. The van der Waals surface area contributed by atoms with Gasteiger partial charge in [-0.25, -0.2) is 14.8 Å². The Bertz CT molecular complexity index is 1370. The number of hydrogen-bond donors (Lipinski definition) is 2. The lowest BCUT2D eigenvalue weighted by Crippen LogP contribution is -2.55. The molecule has 38 heavy (non-hydrogen) atoms. The van der Waals surface area contributed by atoms with E-state index in [0.29, 0.717) is 59.1 Å². The first-order valence-electron chi connectivity index (χ1n) is 12.5. The number of halogens is 1. The number of imidazole rings is 1. The van der Waals surface area contributed by atoms with Crippen molar-refractivity contribution in [3.63, 3.8) is 0 Å². The van der Waals surface area contributed by atoms with Crippen LogP contribution in [0.1, 0.15) is 58.9 Å². The van der Waals surface area contributed by atoms with Crippen molar-refractivity contribution >= 4 is 40.5 Å². The number of ether oxygens (including phenoxy) is 2. The van der Waals surface area contributed by atoms with Gasteiger partial charge in [-0.1, -0.05) is 29.9 Å². The quantitative estimate of drug-likeness (QED) is 0.380. The minimum atomic E-state index is -0.448. The molecule has 2 N–H and O–H groups in total. The maximum absolute atomic E-state index is 13.0. The van der Waals surface area contributed by atoms with E-state index in [1.165, 1.54) is 4.57 Å². The first-order chi connectivity index (χ1) is 18.2. The Morgan fingerprint density at radius 3 is 2.71 bits per heavy atom. The number of H-pyrrole nitrogens is 1. The molecule has 3 aromatic heterocycles. The predicted octanol–water partition coefficient (Wildman–Crippen LogP) is 3.13. The highest BCUT2D eigenvalue weighted by Crippen LogP contribution is 2.24. The van der Waals surface area contributed by atoms with Crippen molar-refractivity contribution in [3.8, 4) is 5.13 Å². The molecule has 204 valence electrons. The number of thiazole rings is 1. The van der Waals surface area contributed by atoms with Gasteiger partial charge in [-0.2, -0.15) is 0 Å². The molecule has 1 aliphatic heterocycles. The van der Waals surface area contributed by atoms with Crippen molar-refractivity contribution in [1.82, 2.24) is 24.8 Å². The second-order valence-corrected chi connectivity index (χ2v) is 10.1. The molecule has 0 aliphatic carbocycles. The summed E-state index contributed by atoms with van der Waals surface area (Å²) in [7, 11) is 0. The summed E-state index contributed by atoms with van der Waals surface area (Å²) in [6.07, 6.45) is 2.63. The van der Waals surface area contributed by atoms with E-state index in [9.17, 15) is 14.4 Å². The summed E-state index contributed by atoms with van der Waals surface area (Å²) in [5.41, 5.74) is 1.71. The number of esters is 1. The predicted molar refractivity (Wildman–Crippen MR) is 145 cm³/mol. The number of aromatic amines is 1. The lowest BCUT2D eigenvalue weighted by atomic mass is 10.0. The van der Waals surface area contributed by atoms with Crippen LogP contribution in [0.5, 0.6) is 0 Å². The maximum atomic E-state index is 13.0. The van der Waals surface area contributed by atoms with Gasteiger partial charge >= 0.3 is 5.97 Å². The highest BCUT2D eigenvalue weighted by molar-refractivity contribution is 7.16. The molecule has 4 heterocycles. The average Bonchev–Trinajstić information content (AvgIpc) is 3.47. The van der Waals surface area contributed by atoms with Crippen LogP contribution in [0.15, 0.2) is 23.1 Å². The monoisotopic (exact) mass is 562 g/mol. The van der Waals surface area contributed by atoms with E-state index in [0.717, 1.165) is 17.0 Å². The molecule has 1 aliphatic rings. The second kappa shape index (κ2) is 12.1. The van der Waals surface area contributed by atoms with Crippen LogP contribution >= 0.6 is 22.9 Å². The fourth-order valence-corrected chi connectivity index (χ4v) is 5.58. The van der Waals surface area contributed by atoms with Gasteiger partial charge in [0.05, 0.1) is 30.1 Å². The Labute approximate surface area is 229 Å². The molecular weight excluding hydrogens is 532 g/mol. The fraction of sp³-hybridized carbons (Fsp3) is 0.480. The maximum Gasteiger partial charge on any atom is 0.350 e. The van der Waals surface area contributed by atoms with Gasteiger partial charge in [-0.05, 0) is 39.7 Å². The highest BCUT2D eigenvalue weighted by atomic mass is 35.5. The Morgan fingerprint density at radius 1 is 1.26 bits per heavy atom. The number of carbonyl (C=O) groups is 2. The first-order valence-corrected chi connectivity index (χ1v) is 13.7. The number of pyridine rings is 1. The molecule has 13 heteroatoms. The number of aryl methyl sites for hydroxylation is 2. The molecule has 11 nitrogen and oxygen atoms in total. The number of rotatable bonds is 9. The summed E-state index contributed by atoms with van der Waals surface area (Å²) in [5, 5.41) is 3.72. The van der Waals surface area contributed by atoms with Crippen LogP contribution in [0.3, 0.4) is 0 Å². The van der Waals surface area contributed by atoms with E-state index >= 15 is 0 Å². The third-order valence-corrected chi connectivity index (χ3v) is 7.72. The van der Waals surface area contributed by atoms with E-state index in [4.69, 9.17) is 21.1 Å². The van der Waals surface area contributed by atoms with E-state index < -0.39 is 5.97 Å². The van der Waals surface area contributed by atoms with Gasteiger partial charge in [0.25, 0.3) is 11.5 Å². The van der Waals surface area contributed by atoms with Crippen molar-refractivity contribution in [2.45, 2.75) is 52.7 Å². The number of nitrogens with one attached hydrogen (secondary N) is 2. The molecule has 0 spiro atoms. The third kappa shape index (κ3) is 5.92. The average molecular weight is 563 g/mol. The molecular formula is C25H31ClN6O5S. The van der Waals surface area contributed by atoms with Crippen molar-refractivity contribution in [2.75, 3.05) is 31.2 Å². The van der Waals surface area contributed by atoms with E-state index in [-0.39, 0.29) is 36.0 Å². The molecule has 0 bridgehead atoms. The van der Waals surface area contributed by atoms with Crippen LogP contribution in [-0.2, 0) is 15.9 Å². The Hall–Kier alpha value is -3.22. The zero-order valence-corrected chi connectivity index (χ0v) is 23.3. The summed E-state index contributed by atoms with van der Waals surface area (Å²) >= 11 is 7.21. The smallest absolute Gasteiger partial charge is 0.350 e. The van der Waals surface area contributed by atoms with E-state index in [1.807, 2.05) is 19.9 Å². The lowest BCUT2D eigenvalue weighted by Gasteiger charge is -2.39. The second-order valence-electron chi connectivity index (χ2n) is 8.74. The normalized spacial score (nSPS) is 17.4. The molecule has 1 fully saturated rings. The van der Waals surface area contributed by atoms with Crippen LogP contribution in [0.25, 0.3) is 5.13 Å². The van der Waals surface area contributed by atoms with E-state index in [1.54, 1.807) is 26.1 Å². The first kappa shape index (κ1) is 27.8. The number of carbonyl (C=O) groups excluding carboxylic acids is 2. The van der Waals surface area contributed by atoms with Gasteiger partial charge < -0.3 is 24.7 Å². The van der Waals surface area contributed by atoms with Crippen LogP contribution in [0, 0.1) is 6.92 Å². The molecule has 4 rings (SSSR count). The summed E-state index contributed by atoms with van der Waals surface area (Å²) in [6, 6.07) is 3.15. The summed E-state index contributed by atoms with van der Waals surface area (Å²) in [5.74, 6) is -0.605. The highest BCUT2D eigenvalue weighted by Gasteiger charge is 2.32. The van der Waals surface area contributed by atoms with Gasteiger partial charge in [0.1, 0.15) is 4.88 Å². The number of hydrogen-bond acceptors (Lipinski definition) is 9.